The second-order valence-corrected chi connectivity index (χ2v) is 19.2. The smallest absolute Gasteiger partial charge is 0.306 e. The van der Waals surface area contributed by atoms with E-state index in [2.05, 4.69) is 63.3 Å². The summed E-state index contributed by atoms with van der Waals surface area (Å²) in [5.41, 5.74) is 0. The van der Waals surface area contributed by atoms with Gasteiger partial charge in [-0.05, 0) is 44.9 Å². The van der Waals surface area contributed by atoms with Crippen LogP contribution in [0.2, 0.25) is 0 Å². The maximum absolute atomic E-state index is 12.8. The van der Waals surface area contributed by atoms with Gasteiger partial charge in [0.15, 0.2) is 6.10 Å². The summed E-state index contributed by atoms with van der Waals surface area (Å²) in [5.74, 6) is -0.959. The molecule has 0 saturated heterocycles. The van der Waals surface area contributed by atoms with E-state index < -0.39 is 6.10 Å². The molecule has 0 aliphatic rings. The van der Waals surface area contributed by atoms with E-state index in [-0.39, 0.29) is 37.5 Å². The van der Waals surface area contributed by atoms with Crippen LogP contribution in [0, 0.1) is 0 Å². The fourth-order valence-corrected chi connectivity index (χ4v) is 8.34. The third kappa shape index (κ3) is 52.3. The molecule has 1 unspecified atom stereocenters. The zero-order valence-electron chi connectivity index (χ0n) is 44.0. The number of hydrogen-bond donors (Lipinski definition) is 0. The standard InChI is InChI=1S/C60H108O6/c1-4-7-10-13-16-19-22-25-27-29-31-32-35-38-41-44-47-50-53-59(62)65-56-57(55-64-58(61)52-49-46-43-40-37-34-24-21-18-15-12-9-6-3)66-60(63)54-51-48-45-42-39-36-33-30-28-26-23-20-17-14-11-8-5-2/h9,12,18,21,34,37,43,46,57H,4-8,10-11,13-17,19-20,22-33,35-36,38-42,44-45,47-56H2,1-3H3/b12-9-,21-18-,37-34-,46-43-. The van der Waals surface area contributed by atoms with Crippen LogP contribution in [0.5, 0.6) is 0 Å². The van der Waals surface area contributed by atoms with E-state index in [1.165, 1.54) is 186 Å². The van der Waals surface area contributed by atoms with E-state index in [1.807, 2.05) is 6.08 Å². The summed E-state index contributed by atoms with van der Waals surface area (Å²) in [5, 5.41) is 0. The lowest BCUT2D eigenvalue weighted by atomic mass is 10.0. The van der Waals surface area contributed by atoms with Gasteiger partial charge in [0.1, 0.15) is 13.2 Å². The lowest BCUT2D eigenvalue weighted by molar-refractivity contribution is -0.166. The average Bonchev–Trinajstić information content (AvgIpc) is 3.31. The third-order valence-electron chi connectivity index (χ3n) is 12.6. The van der Waals surface area contributed by atoms with E-state index in [1.54, 1.807) is 0 Å². The molecule has 0 bridgehead atoms. The van der Waals surface area contributed by atoms with Crippen LogP contribution in [0.1, 0.15) is 297 Å². The fourth-order valence-electron chi connectivity index (χ4n) is 8.34. The molecule has 0 aromatic rings. The predicted molar refractivity (Wildman–Crippen MR) is 284 cm³/mol. The van der Waals surface area contributed by atoms with Gasteiger partial charge in [0, 0.05) is 19.3 Å². The van der Waals surface area contributed by atoms with Gasteiger partial charge in [0.25, 0.3) is 0 Å². The minimum Gasteiger partial charge on any atom is -0.462 e. The summed E-state index contributed by atoms with van der Waals surface area (Å²) < 4.78 is 16.8. The van der Waals surface area contributed by atoms with E-state index >= 15 is 0 Å². The van der Waals surface area contributed by atoms with Crippen LogP contribution in [0.15, 0.2) is 48.6 Å². The maximum Gasteiger partial charge on any atom is 0.306 e. The number of hydrogen-bond acceptors (Lipinski definition) is 6. The summed E-state index contributed by atoms with van der Waals surface area (Å²) in [6.45, 7) is 6.50. The van der Waals surface area contributed by atoms with Gasteiger partial charge in [-0.25, -0.2) is 0 Å². The van der Waals surface area contributed by atoms with Crippen molar-refractivity contribution in [2.75, 3.05) is 13.2 Å². The Morgan fingerprint density at radius 1 is 0.318 bits per heavy atom. The number of carbonyl (C=O) groups excluding carboxylic acids is 3. The van der Waals surface area contributed by atoms with Crippen molar-refractivity contribution < 1.29 is 28.6 Å². The topological polar surface area (TPSA) is 78.9 Å². The summed E-state index contributed by atoms with van der Waals surface area (Å²) in [6, 6.07) is 0. The van der Waals surface area contributed by atoms with Crippen LogP contribution < -0.4 is 0 Å². The summed E-state index contributed by atoms with van der Waals surface area (Å²) in [4.78, 5) is 38.1. The Balaban J connectivity index is 4.37. The van der Waals surface area contributed by atoms with Crippen molar-refractivity contribution in [2.45, 2.75) is 303 Å². The molecular weight excluding hydrogens is 817 g/mol. The molecule has 0 fully saturated rings. The van der Waals surface area contributed by atoms with Crippen LogP contribution in [-0.4, -0.2) is 37.2 Å². The van der Waals surface area contributed by atoms with Crippen LogP contribution in [0.4, 0.5) is 0 Å². The van der Waals surface area contributed by atoms with Crippen LogP contribution in [0.3, 0.4) is 0 Å². The molecule has 0 N–H and O–H groups in total. The zero-order chi connectivity index (χ0) is 47.9. The van der Waals surface area contributed by atoms with Crippen molar-refractivity contribution in [3.05, 3.63) is 48.6 Å². The van der Waals surface area contributed by atoms with Crippen molar-refractivity contribution in [1.82, 2.24) is 0 Å². The third-order valence-corrected chi connectivity index (χ3v) is 12.6. The van der Waals surface area contributed by atoms with Gasteiger partial charge in [-0.15, -0.1) is 0 Å². The molecule has 0 amide bonds. The van der Waals surface area contributed by atoms with Crippen molar-refractivity contribution >= 4 is 17.9 Å². The quantitative estimate of drug-likeness (QED) is 0.0262. The Labute approximate surface area is 409 Å². The van der Waals surface area contributed by atoms with Gasteiger partial charge in [-0.2, -0.15) is 0 Å². The van der Waals surface area contributed by atoms with Gasteiger partial charge in [0.2, 0.25) is 0 Å². The summed E-state index contributed by atoms with van der Waals surface area (Å²) in [6.07, 6.45) is 66.9. The first-order valence-corrected chi connectivity index (χ1v) is 28.6. The van der Waals surface area contributed by atoms with E-state index in [0.717, 1.165) is 64.2 Å². The minimum absolute atomic E-state index is 0.0905. The Bertz CT molecular complexity index is 1150. The Morgan fingerprint density at radius 3 is 0.924 bits per heavy atom. The molecule has 6 heteroatoms. The number of unbranched alkanes of at least 4 members (excludes halogenated alkanes) is 33. The zero-order valence-corrected chi connectivity index (χ0v) is 44.0. The molecule has 0 heterocycles. The van der Waals surface area contributed by atoms with Gasteiger partial charge < -0.3 is 14.2 Å². The first-order valence-electron chi connectivity index (χ1n) is 28.6. The first-order chi connectivity index (χ1) is 32.5. The number of ether oxygens (including phenoxy) is 3. The molecule has 384 valence electrons. The molecule has 0 spiro atoms. The molecule has 0 rings (SSSR count). The molecular formula is C60H108O6. The van der Waals surface area contributed by atoms with Crippen LogP contribution >= 0.6 is 0 Å². The normalized spacial score (nSPS) is 12.3. The monoisotopic (exact) mass is 925 g/mol. The van der Waals surface area contributed by atoms with Crippen molar-refractivity contribution in [1.29, 1.82) is 0 Å². The highest BCUT2D eigenvalue weighted by atomic mass is 16.6. The second kappa shape index (κ2) is 55.0. The highest BCUT2D eigenvalue weighted by Crippen LogP contribution is 2.17. The van der Waals surface area contributed by atoms with Crippen molar-refractivity contribution in [3.8, 4) is 0 Å². The summed E-state index contributed by atoms with van der Waals surface area (Å²) >= 11 is 0. The average molecular weight is 926 g/mol. The van der Waals surface area contributed by atoms with Crippen LogP contribution in [0.25, 0.3) is 0 Å². The molecule has 1 atom stereocenters. The molecule has 0 aliphatic heterocycles. The molecule has 0 radical (unpaired) electrons. The van der Waals surface area contributed by atoms with Crippen LogP contribution in [-0.2, 0) is 28.6 Å². The van der Waals surface area contributed by atoms with Gasteiger partial charge in [0.05, 0.1) is 0 Å². The van der Waals surface area contributed by atoms with Crippen molar-refractivity contribution in [2.24, 2.45) is 0 Å². The lowest BCUT2D eigenvalue weighted by Crippen LogP contribution is -2.30. The predicted octanol–water partition coefficient (Wildman–Crippen LogP) is 19.0. The van der Waals surface area contributed by atoms with E-state index in [4.69, 9.17) is 14.2 Å². The Kier molecular flexibility index (Phi) is 52.8. The molecule has 66 heavy (non-hydrogen) atoms. The van der Waals surface area contributed by atoms with Crippen molar-refractivity contribution in [3.63, 3.8) is 0 Å². The highest BCUT2D eigenvalue weighted by molar-refractivity contribution is 5.71. The number of rotatable bonds is 52. The minimum atomic E-state index is -0.797. The highest BCUT2D eigenvalue weighted by Gasteiger charge is 2.19. The lowest BCUT2D eigenvalue weighted by Gasteiger charge is -2.18. The first kappa shape index (κ1) is 63.4. The molecule has 0 aliphatic carbocycles. The maximum atomic E-state index is 12.8. The Morgan fingerprint density at radius 2 is 0.591 bits per heavy atom. The van der Waals surface area contributed by atoms with Gasteiger partial charge in [-0.3, -0.25) is 14.4 Å². The SMILES string of the molecule is CC/C=C\C/C=C\C/C=C\C/C=C\CCC(=O)OCC(COC(=O)CCCCCCCCCCCCCCCCCCCC)OC(=O)CCCCCCCCCCCCCCCCCCC. The molecule has 0 aromatic heterocycles. The molecule has 0 saturated carbocycles. The molecule has 0 aromatic carbocycles. The largest absolute Gasteiger partial charge is 0.462 e. The fraction of sp³-hybridized carbons (Fsp3) is 0.817. The molecule has 6 nitrogen and oxygen atoms in total. The Hall–Kier alpha value is -2.63. The second-order valence-electron chi connectivity index (χ2n) is 19.2. The number of esters is 3. The van der Waals surface area contributed by atoms with E-state index in [0.29, 0.717) is 19.3 Å². The van der Waals surface area contributed by atoms with Gasteiger partial charge >= 0.3 is 17.9 Å². The number of allylic oxidation sites excluding steroid dienone is 8. The van der Waals surface area contributed by atoms with Gasteiger partial charge in [-0.1, -0.05) is 281 Å². The van der Waals surface area contributed by atoms with E-state index in [9.17, 15) is 14.4 Å². The number of carbonyl (C=O) groups is 3. The summed E-state index contributed by atoms with van der Waals surface area (Å²) in [7, 11) is 0.